The number of hydrogen-bond acceptors (Lipinski definition) is 4. The number of ether oxygens (including phenoxy) is 1. The highest BCUT2D eigenvalue weighted by Gasteiger charge is 2.15. The van der Waals surface area contributed by atoms with Gasteiger partial charge in [0.05, 0.1) is 29.4 Å². The first-order chi connectivity index (χ1) is 10.2. The number of aryl methyl sites for hydroxylation is 1. The number of benzene rings is 1. The van der Waals surface area contributed by atoms with Crippen LogP contribution in [0.5, 0.6) is 5.88 Å². The van der Waals surface area contributed by atoms with Crippen LogP contribution < -0.4 is 4.74 Å². The van der Waals surface area contributed by atoms with Crippen LogP contribution in [0.3, 0.4) is 0 Å². The van der Waals surface area contributed by atoms with Crippen LogP contribution in [-0.2, 0) is 0 Å². The van der Waals surface area contributed by atoms with Crippen molar-refractivity contribution in [2.45, 2.75) is 6.92 Å². The van der Waals surface area contributed by atoms with Crippen molar-refractivity contribution in [1.29, 1.82) is 5.26 Å². The molecule has 3 aromatic rings. The van der Waals surface area contributed by atoms with Gasteiger partial charge in [0.2, 0.25) is 5.88 Å². The number of rotatable bonds is 2. The van der Waals surface area contributed by atoms with Crippen LogP contribution in [0, 0.1) is 18.3 Å². The lowest BCUT2D eigenvalue weighted by molar-refractivity contribution is 0.401. The normalized spacial score (nSPS) is 10.3. The zero-order valence-corrected chi connectivity index (χ0v) is 11.8. The average Bonchev–Trinajstić information content (AvgIpc) is 2.53. The van der Waals surface area contributed by atoms with Gasteiger partial charge in [-0.2, -0.15) is 5.26 Å². The second-order valence-corrected chi connectivity index (χ2v) is 4.70. The Morgan fingerprint density at radius 1 is 1.10 bits per heavy atom. The maximum atomic E-state index is 9.30. The summed E-state index contributed by atoms with van der Waals surface area (Å²) in [5.74, 6) is 0.475. The maximum absolute atomic E-state index is 9.30. The molecule has 0 saturated heterocycles. The van der Waals surface area contributed by atoms with Gasteiger partial charge in [-0.15, -0.1) is 0 Å². The van der Waals surface area contributed by atoms with Gasteiger partial charge in [0.1, 0.15) is 6.07 Å². The quantitative estimate of drug-likeness (QED) is 0.718. The summed E-state index contributed by atoms with van der Waals surface area (Å²) in [4.78, 5) is 8.99. The zero-order valence-electron chi connectivity index (χ0n) is 11.8. The van der Waals surface area contributed by atoms with Gasteiger partial charge >= 0.3 is 0 Å². The Bertz CT molecular complexity index is 866. The van der Waals surface area contributed by atoms with E-state index >= 15 is 0 Å². The summed E-state index contributed by atoms with van der Waals surface area (Å²) in [6.07, 6.45) is 0. The third kappa shape index (κ3) is 2.30. The first kappa shape index (κ1) is 13.1. The fourth-order valence-electron chi connectivity index (χ4n) is 2.28. The summed E-state index contributed by atoms with van der Waals surface area (Å²) in [6, 6.07) is 15.5. The smallest absolute Gasteiger partial charge is 0.223 e. The molecule has 0 spiro atoms. The number of para-hydroxylation sites is 1. The van der Waals surface area contributed by atoms with Crippen LogP contribution >= 0.6 is 0 Å². The average molecular weight is 275 g/mol. The van der Waals surface area contributed by atoms with E-state index in [4.69, 9.17) is 4.74 Å². The monoisotopic (exact) mass is 275 g/mol. The van der Waals surface area contributed by atoms with Gasteiger partial charge in [-0.25, -0.2) is 4.98 Å². The van der Waals surface area contributed by atoms with E-state index in [-0.39, 0.29) is 0 Å². The van der Waals surface area contributed by atoms with E-state index < -0.39 is 0 Å². The predicted molar refractivity (Wildman–Crippen MR) is 81.0 cm³/mol. The number of aromatic nitrogens is 2. The van der Waals surface area contributed by atoms with Crippen LogP contribution in [0.4, 0.5) is 0 Å². The molecule has 0 bridgehead atoms. The molecule has 2 heterocycles. The topological polar surface area (TPSA) is 58.8 Å². The molecule has 0 aliphatic carbocycles. The number of pyridine rings is 2. The molecule has 4 nitrogen and oxygen atoms in total. The van der Waals surface area contributed by atoms with Crippen LogP contribution in [-0.4, -0.2) is 17.1 Å². The van der Waals surface area contributed by atoms with Crippen LogP contribution in [0.1, 0.15) is 11.3 Å². The largest absolute Gasteiger partial charge is 0.480 e. The fourth-order valence-corrected chi connectivity index (χ4v) is 2.28. The van der Waals surface area contributed by atoms with Crippen molar-refractivity contribution >= 4 is 10.9 Å². The SMILES string of the molecule is COc1nc2ccccc2cc1-c1nc(C)ccc1C#N. The van der Waals surface area contributed by atoms with E-state index in [9.17, 15) is 5.26 Å². The molecule has 1 aromatic carbocycles. The molecule has 0 unspecified atom stereocenters. The highest BCUT2D eigenvalue weighted by Crippen LogP contribution is 2.32. The minimum atomic E-state index is 0.475. The summed E-state index contributed by atoms with van der Waals surface area (Å²) in [7, 11) is 1.57. The van der Waals surface area contributed by atoms with Crippen molar-refractivity contribution in [3.05, 3.63) is 53.7 Å². The van der Waals surface area contributed by atoms with Gasteiger partial charge in [-0.1, -0.05) is 18.2 Å². The molecule has 0 aliphatic rings. The second-order valence-electron chi connectivity index (χ2n) is 4.70. The molecule has 0 fully saturated rings. The number of fused-ring (bicyclic) bond motifs is 1. The number of nitriles is 1. The molecule has 0 radical (unpaired) electrons. The molecule has 0 amide bonds. The Kier molecular flexibility index (Phi) is 3.25. The Morgan fingerprint density at radius 3 is 2.67 bits per heavy atom. The molecular formula is C17H13N3O. The minimum absolute atomic E-state index is 0.475. The predicted octanol–water partition coefficient (Wildman–Crippen LogP) is 3.49. The first-order valence-corrected chi connectivity index (χ1v) is 6.55. The van der Waals surface area contributed by atoms with Crippen LogP contribution in [0.15, 0.2) is 42.5 Å². The Labute approximate surface area is 122 Å². The number of methoxy groups -OCH3 is 1. The summed E-state index contributed by atoms with van der Waals surface area (Å²) in [5, 5.41) is 10.3. The van der Waals surface area contributed by atoms with Gasteiger partial charge in [0, 0.05) is 11.1 Å². The number of nitrogens with zero attached hydrogens (tertiary/aromatic N) is 3. The van der Waals surface area contributed by atoms with Crippen molar-refractivity contribution in [3.8, 4) is 23.2 Å². The molecule has 0 aliphatic heterocycles. The van der Waals surface area contributed by atoms with E-state index in [1.807, 2.05) is 43.3 Å². The molecule has 0 N–H and O–H groups in total. The van der Waals surface area contributed by atoms with E-state index in [0.717, 1.165) is 22.2 Å². The molecule has 4 heteroatoms. The highest BCUT2D eigenvalue weighted by atomic mass is 16.5. The first-order valence-electron chi connectivity index (χ1n) is 6.55. The molecule has 3 rings (SSSR count). The van der Waals surface area contributed by atoms with Crippen molar-refractivity contribution in [1.82, 2.24) is 9.97 Å². The third-order valence-corrected chi connectivity index (χ3v) is 3.29. The summed E-state index contributed by atoms with van der Waals surface area (Å²) in [6.45, 7) is 1.89. The third-order valence-electron chi connectivity index (χ3n) is 3.29. The van der Waals surface area contributed by atoms with Crippen molar-refractivity contribution in [3.63, 3.8) is 0 Å². The van der Waals surface area contributed by atoms with Gasteiger partial charge in [0.25, 0.3) is 0 Å². The lowest BCUT2D eigenvalue weighted by Crippen LogP contribution is -1.97. The maximum Gasteiger partial charge on any atom is 0.223 e. The zero-order chi connectivity index (χ0) is 14.8. The van der Waals surface area contributed by atoms with Crippen molar-refractivity contribution < 1.29 is 4.74 Å². The van der Waals surface area contributed by atoms with Crippen LogP contribution in [0.2, 0.25) is 0 Å². The van der Waals surface area contributed by atoms with E-state index in [2.05, 4.69) is 16.0 Å². The van der Waals surface area contributed by atoms with E-state index in [1.165, 1.54) is 0 Å². The summed E-state index contributed by atoms with van der Waals surface area (Å²) in [5.41, 5.74) is 3.54. The Morgan fingerprint density at radius 2 is 1.90 bits per heavy atom. The van der Waals surface area contributed by atoms with Gasteiger partial charge in [-0.05, 0) is 31.2 Å². The molecule has 2 aromatic heterocycles. The fraction of sp³-hybridized carbons (Fsp3) is 0.118. The molecular weight excluding hydrogens is 262 g/mol. The van der Waals surface area contributed by atoms with E-state index in [0.29, 0.717) is 17.1 Å². The van der Waals surface area contributed by atoms with Crippen molar-refractivity contribution in [2.24, 2.45) is 0 Å². The summed E-state index contributed by atoms with van der Waals surface area (Å²) < 4.78 is 5.39. The molecule has 102 valence electrons. The Balaban J connectivity index is 2.34. The molecule has 0 atom stereocenters. The highest BCUT2D eigenvalue weighted by molar-refractivity contribution is 5.86. The van der Waals surface area contributed by atoms with Gasteiger partial charge in [-0.3, -0.25) is 4.98 Å². The standard InChI is InChI=1S/C17H13N3O/c1-11-7-8-13(10-18)16(19-11)14-9-12-5-3-4-6-15(12)20-17(14)21-2/h3-9H,1-2H3. The summed E-state index contributed by atoms with van der Waals surface area (Å²) >= 11 is 0. The van der Waals surface area contributed by atoms with Gasteiger partial charge < -0.3 is 4.74 Å². The minimum Gasteiger partial charge on any atom is -0.480 e. The lowest BCUT2D eigenvalue weighted by atomic mass is 10.0. The van der Waals surface area contributed by atoms with Crippen molar-refractivity contribution in [2.75, 3.05) is 7.11 Å². The number of hydrogen-bond donors (Lipinski definition) is 0. The lowest BCUT2D eigenvalue weighted by Gasteiger charge is -2.10. The second kappa shape index (κ2) is 5.22. The molecule has 0 saturated carbocycles. The Hall–Kier alpha value is -2.93. The molecule has 21 heavy (non-hydrogen) atoms. The van der Waals surface area contributed by atoms with E-state index in [1.54, 1.807) is 13.2 Å². The van der Waals surface area contributed by atoms with Crippen LogP contribution in [0.25, 0.3) is 22.2 Å². The van der Waals surface area contributed by atoms with Gasteiger partial charge in [0.15, 0.2) is 0 Å².